The van der Waals surface area contributed by atoms with Crippen LogP contribution < -0.4 is 14.8 Å². The second-order valence-electron chi connectivity index (χ2n) is 6.41. The number of hydrogen-bond donors (Lipinski definition) is 1. The van der Waals surface area contributed by atoms with Gasteiger partial charge in [0.05, 0.1) is 7.11 Å². The smallest absolute Gasteiger partial charge is 0.497 e. The summed E-state index contributed by atoms with van der Waals surface area (Å²) in [4.78, 5) is 0. The van der Waals surface area contributed by atoms with Crippen LogP contribution in [0, 0.1) is 0 Å². The third kappa shape index (κ3) is 5.98. The van der Waals surface area contributed by atoms with Gasteiger partial charge in [0.2, 0.25) is 0 Å². The maximum Gasteiger partial charge on any atom is 0.573 e. The molecule has 0 aromatic heterocycles. The molecule has 0 heterocycles. The average Bonchev–Trinajstić information content (AvgIpc) is 2.55. The molecule has 0 aliphatic rings. The van der Waals surface area contributed by atoms with Crippen LogP contribution in [0.5, 0.6) is 11.5 Å². The van der Waals surface area contributed by atoms with Gasteiger partial charge in [0.1, 0.15) is 11.5 Å². The Balaban J connectivity index is 1.88. The fourth-order valence-electron chi connectivity index (χ4n) is 2.47. The van der Waals surface area contributed by atoms with Gasteiger partial charge in [-0.2, -0.15) is 0 Å². The lowest BCUT2D eigenvalue weighted by atomic mass is 9.84. The number of benzene rings is 2. The molecule has 6 heteroatoms. The highest BCUT2D eigenvalue weighted by atomic mass is 19.4. The van der Waals surface area contributed by atoms with Crippen molar-refractivity contribution in [2.75, 3.05) is 13.7 Å². The second kappa shape index (κ2) is 7.78. The summed E-state index contributed by atoms with van der Waals surface area (Å²) in [5.41, 5.74) is 1.97. The molecule has 25 heavy (non-hydrogen) atoms. The van der Waals surface area contributed by atoms with E-state index in [-0.39, 0.29) is 11.2 Å². The Bertz CT molecular complexity index is 665. The van der Waals surface area contributed by atoms with Crippen molar-refractivity contribution in [2.24, 2.45) is 0 Å². The number of alkyl halides is 3. The van der Waals surface area contributed by atoms with Crippen molar-refractivity contribution in [3.8, 4) is 11.5 Å². The van der Waals surface area contributed by atoms with Gasteiger partial charge in [-0.1, -0.05) is 38.1 Å². The topological polar surface area (TPSA) is 30.5 Å². The quantitative estimate of drug-likeness (QED) is 0.785. The van der Waals surface area contributed by atoms with Gasteiger partial charge in [-0.15, -0.1) is 13.2 Å². The monoisotopic (exact) mass is 353 g/mol. The van der Waals surface area contributed by atoms with Crippen LogP contribution in [0.15, 0.2) is 48.5 Å². The molecule has 3 nitrogen and oxygen atoms in total. The summed E-state index contributed by atoms with van der Waals surface area (Å²) in [7, 11) is 1.63. The van der Waals surface area contributed by atoms with Crippen molar-refractivity contribution in [3.63, 3.8) is 0 Å². The van der Waals surface area contributed by atoms with E-state index in [9.17, 15) is 13.2 Å². The molecule has 0 fully saturated rings. The molecular formula is C19H22F3NO2. The van der Waals surface area contributed by atoms with Gasteiger partial charge in [-0.05, 0) is 35.4 Å². The molecule has 0 amide bonds. The molecule has 2 aromatic carbocycles. The molecule has 0 saturated carbocycles. The van der Waals surface area contributed by atoms with Crippen molar-refractivity contribution >= 4 is 0 Å². The number of halogens is 3. The van der Waals surface area contributed by atoms with Crippen molar-refractivity contribution in [1.29, 1.82) is 0 Å². The fraction of sp³-hybridized carbons (Fsp3) is 0.368. The van der Waals surface area contributed by atoms with E-state index in [0.29, 0.717) is 6.54 Å². The van der Waals surface area contributed by atoms with Crippen LogP contribution in [0.4, 0.5) is 13.2 Å². The zero-order valence-corrected chi connectivity index (χ0v) is 14.5. The molecular weight excluding hydrogens is 331 g/mol. The van der Waals surface area contributed by atoms with Gasteiger partial charge < -0.3 is 14.8 Å². The summed E-state index contributed by atoms with van der Waals surface area (Å²) in [5.74, 6) is 0.600. The molecule has 0 radical (unpaired) electrons. The first-order valence-corrected chi connectivity index (χ1v) is 7.89. The number of hydrogen-bond acceptors (Lipinski definition) is 3. The molecule has 1 N–H and O–H groups in total. The Morgan fingerprint density at radius 1 is 0.880 bits per heavy atom. The van der Waals surface area contributed by atoms with E-state index in [4.69, 9.17) is 4.74 Å². The van der Waals surface area contributed by atoms with Crippen LogP contribution in [0.3, 0.4) is 0 Å². The molecule has 0 spiro atoms. The summed E-state index contributed by atoms with van der Waals surface area (Å²) in [6.07, 6.45) is -4.66. The normalized spacial score (nSPS) is 12.1. The van der Waals surface area contributed by atoms with E-state index in [1.54, 1.807) is 19.2 Å². The van der Waals surface area contributed by atoms with Crippen LogP contribution >= 0.6 is 0 Å². The van der Waals surface area contributed by atoms with Crippen molar-refractivity contribution in [1.82, 2.24) is 5.32 Å². The minimum Gasteiger partial charge on any atom is -0.497 e. The summed E-state index contributed by atoms with van der Waals surface area (Å²) in [6, 6.07) is 13.8. The molecule has 136 valence electrons. The lowest BCUT2D eigenvalue weighted by Crippen LogP contribution is -2.32. The maximum absolute atomic E-state index is 12.1. The Kier molecular flexibility index (Phi) is 5.95. The number of nitrogens with one attached hydrogen (secondary N) is 1. The van der Waals surface area contributed by atoms with Gasteiger partial charge in [0.15, 0.2) is 0 Å². The third-order valence-electron chi connectivity index (χ3n) is 3.92. The fourth-order valence-corrected chi connectivity index (χ4v) is 2.47. The standard InChI is InChI=1S/C19H22F3NO2/c1-18(2,15-6-10-16(24-3)11-7-15)13-23-12-14-4-8-17(9-5-14)25-19(20,21)22/h4-11,23H,12-13H2,1-3H3. The average molecular weight is 353 g/mol. The lowest BCUT2D eigenvalue weighted by Gasteiger charge is -2.26. The van der Waals surface area contributed by atoms with Gasteiger partial charge in [0.25, 0.3) is 0 Å². The number of methoxy groups -OCH3 is 1. The Labute approximate surface area is 145 Å². The molecule has 0 aliphatic heterocycles. The maximum atomic E-state index is 12.1. The van der Waals surface area contributed by atoms with Crippen LogP contribution in [0.2, 0.25) is 0 Å². The molecule has 0 unspecified atom stereocenters. The van der Waals surface area contributed by atoms with Gasteiger partial charge in [0, 0.05) is 18.5 Å². The molecule has 0 saturated heterocycles. The van der Waals surface area contributed by atoms with Crippen LogP contribution in [-0.4, -0.2) is 20.0 Å². The Morgan fingerprint density at radius 3 is 1.96 bits per heavy atom. The van der Waals surface area contributed by atoms with E-state index in [1.165, 1.54) is 17.7 Å². The summed E-state index contributed by atoms with van der Waals surface area (Å²) in [5, 5.41) is 3.34. The minimum absolute atomic E-state index is 0.0917. The van der Waals surface area contributed by atoms with E-state index < -0.39 is 6.36 Å². The molecule has 0 aliphatic carbocycles. The number of ether oxygens (including phenoxy) is 2. The highest BCUT2D eigenvalue weighted by molar-refractivity contribution is 5.32. The SMILES string of the molecule is COc1ccc(C(C)(C)CNCc2ccc(OC(F)(F)F)cc2)cc1. The largest absolute Gasteiger partial charge is 0.573 e. The minimum atomic E-state index is -4.66. The van der Waals surface area contributed by atoms with E-state index in [2.05, 4.69) is 23.9 Å². The van der Waals surface area contributed by atoms with Crippen LogP contribution in [0.1, 0.15) is 25.0 Å². The number of rotatable bonds is 7. The Hall–Kier alpha value is -2.21. The summed E-state index contributed by atoms with van der Waals surface area (Å²) < 4.78 is 45.5. The zero-order chi connectivity index (χ0) is 18.5. The van der Waals surface area contributed by atoms with Crippen molar-refractivity contribution < 1.29 is 22.6 Å². The first-order valence-electron chi connectivity index (χ1n) is 7.89. The van der Waals surface area contributed by atoms with Crippen LogP contribution in [0.25, 0.3) is 0 Å². The lowest BCUT2D eigenvalue weighted by molar-refractivity contribution is -0.274. The first kappa shape index (κ1) is 19.1. The van der Waals surface area contributed by atoms with E-state index in [1.807, 2.05) is 24.3 Å². The first-order chi connectivity index (χ1) is 11.7. The highest BCUT2D eigenvalue weighted by Gasteiger charge is 2.30. The van der Waals surface area contributed by atoms with E-state index in [0.717, 1.165) is 17.9 Å². The third-order valence-corrected chi connectivity index (χ3v) is 3.92. The summed E-state index contributed by atoms with van der Waals surface area (Å²) >= 11 is 0. The molecule has 0 atom stereocenters. The summed E-state index contributed by atoms with van der Waals surface area (Å²) in [6.45, 7) is 5.54. The van der Waals surface area contributed by atoms with E-state index >= 15 is 0 Å². The predicted molar refractivity (Wildman–Crippen MR) is 90.9 cm³/mol. The second-order valence-corrected chi connectivity index (χ2v) is 6.41. The van der Waals surface area contributed by atoms with Gasteiger partial charge in [-0.25, -0.2) is 0 Å². The Morgan fingerprint density at radius 2 is 1.44 bits per heavy atom. The molecule has 0 bridgehead atoms. The van der Waals surface area contributed by atoms with Gasteiger partial charge in [-0.3, -0.25) is 0 Å². The van der Waals surface area contributed by atoms with Crippen molar-refractivity contribution in [3.05, 3.63) is 59.7 Å². The van der Waals surface area contributed by atoms with Crippen molar-refractivity contribution in [2.45, 2.75) is 32.2 Å². The molecule has 2 aromatic rings. The zero-order valence-electron chi connectivity index (χ0n) is 14.5. The van der Waals surface area contributed by atoms with Gasteiger partial charge >= 0.3 is 6.36 Å². The molecule has 2 rings (SSSR count). The highest BCUT2D eigenvalue weighted by Crippen LogP contribution is 2.25. The predicted octanol–water partition coefficient (Wildman–Crippen LogP) is 4.66. The van der Waals surface area contributed by atoms with Crippen LogP contribution in [-0.2, 0) is 12.0 Å².